The number of aromatic nitrogens is 4. The molecule has 2 aromatic heterocycles. The molecule has 4 aliphatic rings. The Balaban J connectivity index is 0.000000173. The highest BCUT2D eigenvalue weighted by Gasteiger charge is 2.37. The highest BCUT2D eigenvalue weighted by Crippen LogP contribution is 2.41. The van der Waals surface area contributed by atoms with Crippen LogP contribution in [0.2, 0.25) is 0 Å². The second-order valence-corrected chi connectivity index (χ2v) is 18.4. The lowest BCUT2D eigenvalue weighted by atomic mass is 9.98. The second kappa shape index (κ2) is 20.9. The van der Waals surface area contributed by atoms with E-state index in [0.717, 1.165) is 99.0 Å². The van der Waals surface area contributed by atoms with Crippen LogP contribution in [0.5, 0.6) is 0 Å². The number of rotatable bonds is 8. The summed E-state index contributed by atoms with van der Waals surface area (Å²) in [6.07, 6.45) is 5.60. The molecule has 3 N–H and O–H groups in total. The van der Waals surface area contributed by atoms with Gasteiger partial charge in [-0.25, -0.2) is 4.21 Å². The van der Waals surface area contributed by atoms with Crippen molar-refractivity contribution in [2.24, 2.45) is 0 Å². The van der Waals surface area contributed by atoms with Crippen LogP contribution in [0, 0.1) is 0 Å². The molecule has 4 aromatic carbocycles. The first-order valence-electron chi connectivity index (χ1n) is 23.3. The maximum Gasteiger partial charge on any atom is 0.418 e. The molecule has 0 radical (unpaired) electrons. The van der Waals surface area contributed by atoms with Gasteiger partial charge in [-0.15, -0.1) is 0 Å². The zero-order valence-corrected chi connectivity index (χ0v) is 39.2. The zero-order valence-electron chi connectivity index (χ0n) is 38.4. The van der Waals surface area contributed by atoms with Crippen molar-refractivity contribution < 1.29 is 26.4 Å². The summed E-state index contributed by atoms with van der Waals surface area (Å²) in [5, 5.41) is 15.0. The van der Waals surface area contributed by atoms with Gasteiger partial charge in [0, 0.05) is 72.5 Å². The number of nitrogens with zero attached hydrogens (tertiary/aromatic N) is 6. The van der Waals surface area contributed by atoms with Gasteiger partial charge in [-0.3, -0.25) is 0 Å². The van der Waals surface area contributed by atoms with Gasteiger partial charge in [0.05, 0.1) is 16.9 Å². The van der Waals surface area contributed by atoms with Crippen molar-refractivity contribution in [2.75, 3.05) is 47.0 Å². The molecule has 12 nitrogen and oxygen atoms in total. The van der Waals surface area contributed by atoms with E-state index in [1.54, 1.807) is 12.3 Å². The third kappa shape index (κ3) is 10.7. The van der Waals surface area contributed by atoms with Gasteiger partial charge in [0.1, 0.15) is 11.0 Å². The first-order valence-corrected chi connectivity index (χ1v) is 24.9. The van der Waals surface area contributed by atoms with E-state index in [4.69, 9.17) is 9.05 Å². The largest absolute Gasteiger partial charge is 0.418 e. The van der Waals surface area contributed by atoms with Gasteiger partial charge in [-0.2, -0.15) is 23.1 Å². The van der Waals surface area contributed by atoms with Crippen LogP contribution in [0.15, 0.2) is 81.8 Å². The molecular weight excluding hydrogens is 864 g/mol. The summed E-state index contributed by atoms with van der Waals surface area (Å²) in [7, 11) is -1.18. The van der Waals surface area contributed by atoms with Crippen molar-refractivity contribution in [3.63, 3.8) is 0 Å². The molecule has 0 spiro atoms. The van der Waals surface area contributed by atoms with E-state index in [2.05, 4.69) is 77.8 Å². The Bertz CT molecular complexity index is 2630. The molecule has 3 unspecified atom stereocenters. The Morgan fingerprint density at radius 2 is 1.14 bits per heavy atom. The summed E-state index contributed by atoms with van der Waals surface area (Å²) < 4.78 is 68.0. The van der Waals surface area contributed by atoms with Crippen molar-refractivity contribution in [1.82, 2.24) is 30.9 Å². The van der Waals surface area contributed by atoms with Crippen LogP contribution in [0.3, 0.4) is 0 Å². The SMILES string of the molecule is CC.CC1CCCCN1c1ccc(-c2nc(-c3ccc4c(c3)CNCC4)no2)cc1C(F)(F)F.CC1CCCCN1c1ccc(-c2nc(-c3ccc4c(c3)CNCC4)no2)cc1NS(C)=O. The fourth-order valence-corrected chi connectivity index (χ4v) is 9.84. The molecule has 350 valence electrons. The zero-order chi connectivity index (χ0) is 46.4. The van der Waals surface area contributed by atoms with Gasteiger partial charge in [-0.1, -0.05) is 48.4 Å². The van der Waals surface area contributed by atoms with E-state index < -0.39 is 22.7 Å². The Hall–Kier alpha value is -5.58. The summed E-state index contributed by atoms with van der Waals surface area (Å²) in [5.74, 6) is 1.49. The van der Waals surface area contributed by atoms with Crippen LogP contribution in [-0.2, 0) is 43.1 Å². The van der Waals surface area contributed by atoms with Crippen molar-refractivity contribution in [1.29, 1.82) is 0 Å². The van der Waals surface area contributed by atoms with Crippen molar-refractivity contribution in [2.45, 2.75) is 110 Å². The molecule has 66 heavy (non-hydrogen) atoms. The molecular formula is C50H60F3N9O3S. The molecule has 2 fully saturated rings. The van der Waals surface area contributed by atoms with Gasteiger partial charge in [0.2, 0.25) is 11.6 Å². The molecule has 0 bridgehead atoms. The number of hydrogen-bond acceptors (Lipinski definition) is 11. The number of piperidine rings is 2. The van der Waals surface area contributed by atoms with Gasteiger partial charge in [0.25, 0.3) is 11.8 Å². The fraction of sp³-hybridized carbons (Fsp3) is 0.440. The smallest absolute Gasteiger partial charge is 0.368 e. The third-order valence-corrected chi connectivity index (χ3v) is 13.3. The lowest BCUT2D eigenvalue weighted by Crippen LogP contribution is -2.38. The lowest BCUT2D eigenvalue weighted by Gasteiger charge is -2.37. The van der Waals surface area contributed by atoms with Crippen LogP contribution in [0.1, 0.15) is 94.0 Å². The summed E-state index contributed by atoms with van der Waals surface area (Å²) in [4.78, 5) is 13.3. The first kappa shape index (κ1) is 46.9. The van der Waals surface area contributed by atoms with E-state index >= 15 is 0 Å². The van der Waals surface area contributed by atoms with Gasteiger partial charge in [-0.05, 0) is 149 Å². The summed E-state index contributed by atoms with van der Waals surface area (Å²) >= 11 is 0. The topological polar surface area (TPSA) is 137 Å². The second-order valence-electron chi connectivity index (χ2n) is 17.3. The Kier molecular flexibility index (Phi) is 14.9. The van der Waals surface area contributed by atoms with E-state index in [1.807, 2.05) is 49.9 Å². The minimum Gasteiger partial charge on any atom is -0.368 e. The lowest BCUT2D eigenvalue weighted by molar-refractivity contribution is -0.137. The highest BCUT2D eigenvalue weighted by molar-refractivity contribution is 7.85. The van der Waals surface area contributed by atoms with Crippen LogP contribution >= 0.6 is 0 Å². The predicted molar refractivity (Wildman–Crippen MR) is 257 cm³/mol. The fourth-order valence-electron chi connectivity index (χ4n) is 9.37. The highest BCUT2D eigenvalue weighted by atomic mass is 32.2. The van der Waals surface area contributed by atoms with Gasteiger partial charge in [0.15, 0.2) is 0 Å². The Morgan fingerprint density at radius 1 is 0.652 bits per heavy atom. The maximum atomic E-state index is 14.0. The van der Waals surface area contributed by atoms with E-state index in [-0.39, 0.29) is 23.2 Å². The molecule has 0 aliphatic carbocycles. The van der Waals surface area contributed by atoms with Crippen LogP contribution in [0.4, 0.5) is 30.2 Å². The summed E-state index contributed by atoms with van der Waals surface area (Å²) in [6.45, 7) is 13.5. The molecule has 16 heteroatoms. The van der Waals surface area contributed by atoms with Crippen LogP contribution < -0.4 is 25.2 Å². The molecule has 6 aromatic rings. The predicted octanol–water partition coefficient (Wildman–Crippen LogP) is 10.6. The molecule has 4 aliphatic heterocycles. The normalized spacial score (nSPS) is 18.8. The molecule has 10 rings (SSSR count). The van der Waals surface area contributed by atoms with E-state index in [9.17, 15) is 17.4 Å². The number of halogens is 3. The summed E-state index contributed by atoms with van der Waals surface area (Å²) in [6, 6.07) is 23.2. The van der Waals surface area contributed by atoms with E-state index in [1.165, 1.54) is 47.6 Å². The molecule has 3 atom stereocenters. The van der Waals surface area contributed by atoms with E-state index in [0.29, 0.717) is 30.1 Å². The molecule has 2 saturated heterocycles. The summed E-state index contributed by atoms with van der Waals surface area (Å²) in [5.41, 5.74) is 9.40. The minimum absolute atomic E-state index is 0.0733. The third-order valence-electron chi connectivity index (χ3n) is 12.8. The first-order chi connectivity index (χ1) is 32.0. The quantitative estimate of drug-likeness (QED) is 0.135. The van der Waals surface area contributed by atoms with Crippen molar-refractivity contribution >= 4 is 28.0 Å². The minimum atomic E-state index is -4.48. The van der Waals surface area contributed by atoms with Crippen molar-refractivity contribution in [3.8, 4) is 45.7 Å². The maximum absolute atomic E-state index is 14.0. The molecule has 0 saturated carbocycles. The number of fused-ring (bicyclic) bond motifs is 2. The van der Waals surface area contributed by atoms with Crippen LogP contribution in [-0.4, -0.2) is 69.0 Å². The molecule has 0 amide bonds. The number of benzene rings is 4. The van der Waals surface area contributed by atoms with Crippen molar-refractivity contribution in [3.05, 3.63) is 101 Å². The van der Waals surface area contributed by atoms with Gasteiger partial charge >= 0.3 is 6.18 Å². The standard InChI is InChI=1S/C24H25F3N4O.C24H29N5O2S.C2H6/c1-15-4-2-3-11-31(15)21-8-7-18(13-20(21)24(25,26)27)23-29-22(30-32-23)17-6-5-16-9-10-28-14-19(16)12-17;1-16-5-3-4-12-29(16)22-9-8-19(14-21(22)28-32(2)30)24-26-23(27-31-24)18-7-6-17-10-11-25-15-20(17)13-18;1-2/h5-8,12-13,15,28H,2-4,9-11,14H2,1H3;6-9,13-14,16,25,28H,3-5,10-12,15H2,1-2H3;1-2H3. The van der Waals surface area contributed by atoms with Crippen LogP contribution in [0.25, 0.3) is 45.7 Å². The Morgan fingerprint density at radius 3 is 1.64 bits per heavy atom. The number of hydrogen-bond donors (Lipinski definition) is 3. The molecule has 6 heterocycles. The number of alkyl halides is 3. The average Bonchev–Trinajstić information content (AvgIpc) is 4.04. The van der Waals surface area contributed by atoms with Gasteiger partial charge < -0.3 is 34.2 Å². The number of anilines is 3. The Labute approximate surface area is 387 Å². The monoisotopic (exact) mass is 923 g/mol. The average molecular weight is 924 g/mol. The number of nitrogens with one attached hydrogen (secondary N) is 3.